The summed E-state index contributed by atoms with van der Waals surface area (Å²) in [6.07, 6.45) is 17.7. The van der Waals surface area contributed by atoms with Crippen molar-refractivity contribution in [2.24, 2.45) is 5.73 Å². The summed E-state index contributed by atoms with van der Waals surface area (Å²) in [6, 6.07) is 0. The molecule has 0 spiro atoms. The summed E-state index contributed by atoms with van der Waals surface area (Å²) in [5.74, 6) is 0.981. The van der Waals surface area contributed by atoms with Gasteiger partial charge in [-0.3, -0.25) is 0 Å². The molecule has 0 saturated heterocycles. The van der Waals surface area contributed by atoms with Gasteiger partial charge in [0.1, 0.15) is 0 Å². The monoisotopic (exact) mass is 259 g/mol. The Kier molecular flexibility index (Phi) is 8.75. The summed E-state index contributed by atoms with van der Waals surface area (Å²) >= 11 is 0. The van der Waals surface area contributed by atoms with Crippen molar-refractivity contribution in [1.82, 2.24) is 0 Å². The van der Waals surface area contributed by atoms with Crippen LogP contribution in [0, 0.1) is 63.7 Å². The van der Waals surface area contributed by atoms with Gasteiger partial charge in [-0.25, -0.2) is 0 Å². The second-order valence-electron chi connectivity index (χ2n) is 3.71. The zero-order chi connectivity index (χ0) is 11.1. The predicted octanol–water partition coefficient (Wildman–Crippen LogP) is 1.12. The first-order chi connectivity index (χ1) is 7.17. The molecule has 0 aliphatic heterocycles. The Bertz CT molecular complexity index is 156. The van der Waals surface area contributed by atoms with E-state index >= 15 is 0 Å². The molecule has 0 amide bonds. The van der Waals surface area contributed by atoms with Crippen molar-refractivity contribution in [3.63, 3.8) is 0 Å². The summed E-state index contributed by atoms with van der Waals surface area (Å²) in [6.45, 7) is 1.79. The molecule has 2 saturated carbocycles. The van der Waals surface area contributed by atoms with E-state index in [0.717, 1.165) is 5.92 Å². The van der Waals surface area contributed by atoms with Crippen LogP contribution in [0.15, 0.2) is 0 Å². The third kappa shape index (κ3) is 5.67. The van der Waals surface area contributed by atoms with Crippen LogP contribution in [-0.2, 0) is 17.1 Å². The predicted molar refractivity (Wildman–Crippen MR) is 61.6 cm³/mol. The van der Waals surface area contributed by atoms with Crippen LogP contribution >= 0.6 is 0 Å². The molecule has 1 atom stereocenters. The normalized spacial score (nSPS) is 24.2. The van der Waals surface area contributed by atoms with Crippen molar-refractivity contribution in [2.45, 2.75) is 12.5 Å². The van der Waals surface area contributed by atoms with E-state index in [-0.39, 0.29) is 23.7 Å². The molecule has 0 heterocycles. The minimum atomic E-state index is -0.580. The Morgan fingerprint density at radius 1 is 1.00 bits per heavy atom. The number of hydrogen-bond donors (Lipinski definition) is 2. The third-order valence-corrected chi connectivity index (χ3v) is 2.21. The van der Waals surface area contributed by atoms with Crippen molar-refractivity contribution in [3.8, 4) is 0 Å². The van der Waals surface area contributed by atoms with Gasteiger partial charge in [0.15, 0.2) is 0 Å². The molecule has 2 rings (SSSR count). The van der Waals surface area contributed by atoms with Gasteiger partial charge in [-0.15, -0.1) is 0 Å². The molecular weight excluding hydrogens is 242 g/mol. The smallest absolute Gasteiger partial charge is 0.394 e. The van der Waals surface area contributed by atoms with Crippen LogP contribution in [0.4, 0.5) is 0 Å². The standard InChI is InChI=1S/C8H12NO.C5H5.Fe/c1-8(9,6-10)7-4-2-3-5-7;1-2-4-5-3-1;/h2-5,10H,6,9H2,1H3;1-5H;/q;;+2/t8-;;/m0../s1. The Morgan fingerprint density at radius 2 is 1.38 bits per heavy atom. The van der Waals surface area contributed by atoms with Gasteiger partial charge in [0.2, 0.25) is 0 Å². The fourth-order valence-corrected chi connectivity index (χ4v) is 1.17. The van der Waals surface area contributed by atoms with Crippen molar-refractivity contribution < 1.29 is 22.2 Å². The zero-order valence-corrected chi connectivity index (χ0v) is 10.4. The summed E-state index contributed by atoms with van der Waals surface area (Å²) in [5, 5.41) is 8.84. The number of nitrogens with two attached hydrogens (primary N) is 1. The summed E-state index contributed by atoms with van der Waals surface area (Å²) in [7, 11) is 0. The molecule has 2 fully saturated rings. The number of hydrogen-bond acceptors (Lipinski definition) is 2. The molecule has 2 aliphatic rings. The summed E-state index contributed by atoms with van der Waals surface area (Å²) in [5.41, 5.74) is 5.15. The maximum atomic E-state index is 8.84. The van der Waals surface area contributed by atoms with Gasteiger partial charge >= 0.3 is 17.1 Å². The number of aliphatic hydroxyl groups is 1. The molecule has 3 N–H and O–H groups in total. The largest absolute Gasteiger partial charge is 2.00 e. The molecule has 86 valence electrons. The molecule has 2 nitrogen and oxygen atoms in total. The SMILES string of the molecule is C[C@](N)(CO)[C]1[CH][CH][CH][CH]1.[CH]1[CH][CH][CH][CH]1.[Fe+2]. The second kappa shape index (κ2) is 8.52. The van der Waals surface area contributed by atoms with Crippen LogP contribution in [-0.4, -0.2) is 17.3 Å². The minimum Gasteiger partial charge on any atom is -0.394 e. The van der Waals surface area contributed by atoms with Crippen LogP contribution in [0.2, 0.25) is 0 Å². The van der Waals surface area contributed by atoms with E-state index < -0.39 is 5.54 Å². The molecule has 10 radical (unpaired) electrons. The van der Waals surface area contributed by atoms with Gasteiger partial charge in [0, 0.05) is 11.5 Å². The Labute approximate surface area is 111 Å². The number of aliphatic hydroxyl groups excluding tert-OH is 1. The number of rotatable bonds is 2. The van der Waals surface area contributed by atoms with E-state index in [1.54, 1.807) is 0 Å². The molecule has 16 heavy (non-hydrogen) atoms. The molecule has 0 aromatic heterocycles. The van der Waals surface area contributed by atoms with Crippen LogP contribution in [0.3, 0.4) is 0 Å². The van der Waals surface area contributed by atoms with E-state index in [0.29, 0.717) is 0 Å². The van der Waals surface area contributed by atoms with Crippen LogP contribution < -0.4 is 5.73 Å². The summed E-state index contributed by atoms with van der Waals surface area (Å²) < 4.78 is 0. The molecule has 2 aliphatic carbocycles. The van der Waals surface area contributed by atoms with E-state index in [9.17, 15) is 0 Å². The van der Waals surface area contributed by atoms with Crippen molar-refractivity contribution in [2.75, 3.05) is 6.61 Å². The third-order valence-electron chi connectivity index (χ3n) is 2.21. The first kappa shape index (κ1) is 16.4. The zero-order valence-electron chi connectivity index (χ0n) is 9.28. The van der Waals surface area contributed by atoms with Crippen LogP contribution in [0.25, 0.3) is 0 Å². The van der Waals surface area contributed by atoms with E-state index in [4.69, 9.17) is 10.8 Å². The van der Waals surface area contributed by atoms with Crippen molar-refractivity contribution >= 4 is 0 Å². The Hall–Kier alpha value is 0.439. The van der Waals surface area contributed by atoms with E-state index in [1.165, 1.54) is 0 Å². The Balaban J connectivity index is 0.000000318. The maximum Gasteiger partial charge on any atom is 2.00 e. The van der Waals surface area contributed by atoms with Gasteiger partial charge in [-0.05, 0) is 64.7 Å². The van der Waals surface area contributed by atoms with E-state index in [2.05, 4.69) is 0 Å². The molecule has 0 aromatic carbocycles. The fourth-order valence-electron chi connectivity index (χ4n) is 1.17. The first-order valence-corrected chi connectivity index (χ1v) is 4.95. The minimum absolute atomic E-state index is 0. The average Bonchev–Trinajstić information content (AvgIpc) is 2.93. The van der Waals surface area contributed by atoms with Gasteiger partial charge in [0.05, 0.1) is 6.61 Å². The van der Waals surface area contributed by atoms with Crippen LogP contribution in [0.5, 0.6) is 0 Å². The fraction of sp³-hybridized carbons (Fsp3) is 0.231. The Morgan fingerprint density at radius 3 is 1.69 bits per heavy atom. The molecule has 0 bridgehead atoms. The van der Waals surface area contributed by atoms with Crippen molar-refractivity contribution in [1.29, 1.82) is 0 Å². The summed E-state index contributed by atoms with van der Waals surface area (Å²) in [4.78, 5) is 0. The second-order valence-corrected chi connectivity index (χ2v) is 3.71. The van der Waals surface area contributed by atoms with Gasteiger partial charge in [-0.1, -0.05) is 0 Å². The maximum absolute atomic E-state index is 8.84. The van der Waals surface area contributed by atoms with E-state index in [1.807, 2.05) is 64.7 Å². The topological polar surface area (TPSA) is 46.2 Å². The van der Waals surface area contributed by atoms with Gasteiger partial charge < -0.3 is 10.8 Å². The first-order valence-electron chi connectivity index (χ1n) is 4.95. The molecule has 0 unspecified atom stereocenters. The average molecular weight is 259 g/mol. The molecule has 0 aromatic rings. The molecular formula is C13H17FeNO+2. The molecule has 3 heteroatoms. The van der Waals surface area contributed by atoms with Gasteiger partial charge in [-0.2, -0.15) is 0 Å². The van der Waals surface area contributed by atoms with Crippen molar-refractivity contribution in [3.05, 3.63) is 63.7 Å². The van der Waals surface area contributed by atoms with Gasteiger partial charge in [0.25, 0.3) is 0 Å². The quantitative estimate of drug-likeness (QED) is 0.730. The van der Waals surface area contributed by atoms with Crippen LogP contribution in [0.1, 0.15) is 6.92 Å².